The Bertz CT molecular complexity index is 1010. The molecule has 2 aromatic rings. The molecule has 170 valence electrons. The van der Waals surface area contributed by atoms with Gasteiger partial charge in [0.2, 0.25) is 15.9 Å². The Kier molecular flexibility index (Phi) is 8.00. The summed E-state index contributed by atoms with van der Waals surface area (Å²) in [5, 5.41) is 3.17. The van der Waals surface area contributed by atoms with Crippen molar-refractivity contribution in [2.24, 2.45) is 0 Å². The molecule has 0 bridgehead atoms. The number of carbonyl (C=O) groups excluding carboxylic acids is 1. The summed E-state index contributed by atoms with van der Waals surface area (Å²) in [5.41, 5.74) is 2.44. The monoisotopic (exact) mass is 466 g/mol. The molecular formula is C23H31ClN2O4S. The number of carbonyl (C=O) groups is 1. The van der Waals surface area contributed by atoms with E-state index in [1.54, 1.807) is 18.2 Å². The number of anilines is 1. The van der Waals surface area contributed by atoms with E-state index < -0.39 is 22.0 Å². The van der Waals surface area contributed by atoms with Gasteiger partial charge in [-0.15, -0.1) is 0 Å². The Balaban J connectivity index is 1.97. The fraction of sp³-hybridized carbons (Fsp3) is 0.435. The number of hydrogen-bond donors (Lipinski definition) is 1. The first-order valence-corrected chi connectivity index (χ1v) is 12.3. The van der Waals surface area contributed by atoms with Crippen molar-refractivity contribution in [2.75, 3.05) is 23.7 Å². The van der Waals surface area contributed by atoms with Crippen LogP contribution in [0.3, 0.4) is 0 Å². The molecule has 0 heterocycles. The molecule has 0 aliphatic heterocycles. The highest BCUT2D eigenvalue weighted by molar-refractivity contribution is 7.92. The summed E-state index contributed by atoms with van der Waals surface area (Å²) in [4.78, 5) is 12.6. The van der Waals surface area contributed by atoms with Crippen LogP contribution in [0.15, 0.2) is 42.5 Å². The van der Waals surface area contributed by atoms with Gasteiger partial charge in [-0.05, 0) is 54.7 Å². The van der Waals surface area contributed by atoms with Gasteiger partial charge < -0.3 is 10.1 Å². The van der Waals surface area contributed by atoms with Gasteiger partial charge in [0.25, 0.3) is 0 Å². The molecule has 31 heavy (non-hydrogen) atoms. The standard InChI is InChI=1S/C23H31ClN2O4S/c1-16-7-10-19(15-21(16)24)26(31(6,28)29)17(2)22(27)25-13-14-30-20-11-8-18(9-12-20)23(3,4)5/h7-12,15,17H,13-14H2,1-6H3,(H,25,27)/t17-/m1/s1. The minimum absolute atomic E-state index is 0.0653. The van der Waals surface area contributed by atoms with E-state index in [1.165, 1.54) is 12.5 Å². The van der Waals surface area contributed by atoms with E-state index in [1.807, 2.05) is 31.2 Å². The molecule has 0 aliphatic rings. The zero-order valence-electron chi connectivity index (χ0n) is 18.9. The van der Waals surface area contributed by atoms with Crippen molar-refractivity contribution >= 4 is 33.2 Å². The smallest absolute Gasteiger partial charge is 0.243 e. The van der Waals surface area contributed by atoms with E-state index in [0.717, 1.165) is 16.1 Å². The fourth-order valence-electron chi connectivity index (χ4n) is 3.07. The second kappa shape index (κ2) is 9.92. The molecule has 0 aromatic heterocycles. The first-order chi connectivity index (χ1) is 14.3. The van der Waals surface area contributed by atoms with Crippen molar-refractivity contribution in [1.29, 1.82) is 0 Å². The average Bonchev–Trinajstić information content (AvgIpc) is 2.66. The number of hydrogen-bond acceptors (Lipinski definition) is 4. The van der Waals surface area contributed by atoms with E-state index in [0.29, 0.717) is 16.5 Å². The highest BCUT2D eigenvalue weighted by Gasteiger charge is 2.29. The minimum atomic E-state index is -3.70. The number of nitrogens with one attached hydrogen (secondary N) is 1. The van der Waals surface area contributed by atoms with Crippen molar-refractivity contribution in [3.63, 3.8) is 0 Å². The highest BCUT2D eigenvalue weighted by atomic mass is 35.5. The van der Waals surface area contributed by atoms with Crippen LogP contribution in [0, 0.1) is 6.92 Å². The number of sulfonamides is 1. The Morgan fingerprint density at radius 1 is 1.16 bits per heavy atom. The van der Waals surface area contributed by atoms with Gasteiger partial charge in [0.15, 0.2) is 0 Å². The third-order valence-electron chi connectivity index (χ3n) is 4.89. The van der Waals surface area contributed by atoms with Crippen LogP contribution in [0.4, 0.5) is 5.69 Å². The summed E-state index contributed by atoms with van der Waals surface area (Å²) < 4.78 is 31.5. The quantitative estimate of drug-likeness (QED) is 0.588. The van der Waals surface area contributed by atoms with Crippen LogP contribution < -0.4 is 14.4 Å². The summed E-state index contributed by atoms with van der Waals surface area (Å²) in [5.74, 6) is 0.288. The molecule has 0 aliphatic carbocycles. The number of benzene rings is 2. The number of amides is 1. The number of aryl methyl sites for hydroxylation is 1. The van der Waals surface area contributed by atoms with Gasteiger partial charge in [-0.25, -0.2) is 8.42 Å². The van der Waals surface area contributed by atoms with Gasteiger partial charge >= 0.3 is 0 Å². The van der Waals surface area contributed by atoms with Gasteiger partial charge in [-0.2, -0.15) is 0 Å². The number of nitrogens with zero attached hydrogens (tertiary/aromatic N) is 1. The Morgan fingerprint density at radius 2 is 1.77 bits per heavy atom. The lowest BCUT2D eigenvalue weighted by Gasteiger charge is -2.28. The third-order valence-corrected chi connectivity index (χ3v) is 6.54. The molecule has 1 atom stereocenters. The SMILES string of the molecule is Cc1ccc(N([C@H](C)C(=O)NCCOc2ccc(C(C)(C)C)cc2)S(C)(=O)=O)cc1Cl. The predicted molar refractivity (Wildman–Crippen MR) is 127 cm³/mol. The molecule has 0 spiro atoms. The first-order valence-electron chi connectivity index (χ1n) is 10.1. The average molecular weight is 467 g/mol. The lowest BCUT2D eigenvalue weighted by atomic mass is 9.87. The maximum absolute atomic E-state index is 12.6. The third kappa shape index (κ3) is 6.87. The van der Waals surface area contributed by atoms with Crippen LogP contribution in [0.2, 0.25) is 5.02 Å². The zero-order chi connectivity index (χ0) is 23.4. The summed E-state index contributed by atoms with van der Waals surface area (Å²) in [6.45, 7) is 10.3. The summed E-state index contributed by atoms with van der Waals surface area (Å²) >= 11 is 6.15. The van der Waals surface area contributed by atoms with Crippen molar-refractivity contribution in [1.82, 2.24) is 5.32 Å². The van der Waals surface area contributed by atoms with Crippen LogP contribution in [-0.2, 0) is 20.2 Å². The molecular weight excluding hydrogens is 436 g/mol. The van der Waals surface area contributed by atoms with Gasteiger partial charge in [-0.1, -0.05) is 50.6 Å². The maximum Gasteiger partial charge on any atom is 0.243 e. The molecule has 6 nitrogen and oxygen atoms in total. The van der Waals surface area contributed by atoms with Crippen molar-refractivity contribution in [2.45, 2.75) is 46.1 Å². The maximum atomic E-state index is 12.6. The minimum Gasteiger partial charge on any atom is -0.492 e. The van der Waals surface area contributed by atoms with E-state index in [-0.39, 0.29) is 18.6 Å². The van der Waals surface area contributed by atoms with Crippen LogP contribution >= 0.6 is 11.6 Å². The van der Waals surface area contributed by atoms with E-state index in [4.69, 9.17) is 16.3 Å². The molecule has 2 rings (SSSR count). The molecule has 0 fully saturated rings. The normalized spacial score (nSPS) is 12.9. The molecule has 1 N–H and O–H groups in total. The highest BCUT2D eigenvalue weighted by Crippen LogP contribution is 2.27. The van der Waals surface area contributed by atoms with E-state index in [9.17, 15) is 13.2 Å². The molecule has 0 saturated heterocycles. The molecule has 0 radical (unpaired) electrons. The molecule has 8 heteroatoms. The van der Waals surface area contributed by atoms with Crippen molar-refractivity contribution < 1.29 is 17.9 Å². The van der Waals surface area contributed by atoms with Crippen LogP contribution in [0.25, 0.3) is 0 Å². The molecule has 0 unspecified atom stereocenters. The Labute approximate surface area is 190 Å². The first kappa shape index (κ1) is 25.0. The second-order valence-corrected chi connectivity index (χ2v) is 10.8. The zero-order valence-corrected chi connectivity index (χ0v) is 20.5. The Morgan fingerprint density at radius 3 is 2.29 bits per heavy atom. The topological polar surface area (TPSA) is 75.7 Å². The van der Waals surface area contributed by atoms with Crippen molar-refractivity contribution in [3.05, 3.63) is 58.6 Å². The van der Waals surface area contributed by atoms with Crippen LogP contribution in [0.5, 0.6) is 5.75 Å². The van der Waals surface area contributed by atoms with E-state index >= 15 is 0 Å². The van der Waals surface area contributed by atoms with Gasteiger partial charge in [-0.3, -0.25) is 9.10 Å². The largest absolute Gasteiger partial charge is 0.492 e. The lowest BCUT2D eigenvalue weighted by molar-refractivity contribution is -0.121. The summed E-state index contributed by atoms with van der Waals surface area (Å²) in [6.07, 6.45) is 1.06. The number of rotatable bonds is 8. The summed E-state index contributed by atoms with van der Waals surface area (Å²) in [7, 11) is -3.70. The molecule has 1 amide bonds. The van der Waals surface area contributed by atoms with E-state index in [2.05, 4.69) is 26.1 Å². The predicted octanol–water partition coefficient (Wildman–Crippen LogP) is 4.30. The van der Waals surface area contributed by atoms with Crippen molar-refractivity contribution in [3.8, 4) is 5.75 Å². The molecule has 2 aromatic carbocycles. The molecule has 0 saturated carbocycles. The van der Waals surface area contributed by atoms with Gasteiger partial charge in [0.1, 0.15) is 18.4 Å². The Hall–Kier alpha value is -2.25. The summed E-state index contributed by atoms with van der Waals surface area (Å²) in [6, 6.07) is 11.8. The van der Waals surface area contributed by atoms with Gasteiger partial charge in [0, 0.05) is 5.02 Å². The van der Waals surface area contributed by atoms with Crippen LogP contribution in [-0.4, -0.2) is 39.8 Å². The second-order valence-electron chi connectivity index (χ2n) is 8.58. The van der Waals surface area contributed by atoms with Crippen LogP contribution in [0.1, 0.15) is 38.8 Å². The number of halogens is 1. The lowest BCUT2D eigenvalue weighted by Crippen LogP contribution is -2.48. The fourth-order valence-corrected chi connectivity index (χ4v) is 4.41. The number of ether oxygens (including phenoxy) is 1. The van der Waals surface area contributed by atoms with Gasteiger partial charge in [0.05, 0.1) is 18.5 Å².